The molecule has 0 aliphatic heterocycles. The van der Waals surface area contributed by atoms with Gasteiger partial charge in [0.25, 0.3) is 0 Å². The number of aldehydes is 1. The Hall–Kier alpha value is -2.87. The zero-order chi connectivity index (χ0) is 14.2. The molecular weight excluding hydrogens is 258 g/mol. The minimum atomic E-state index is 0.599. The number of aromatic nitrogens is 1. The van der Waals surface area contributed by atoms with Crippen molar-refractivity contribution in [3.8, 4) is 11.3 Å². The largest absolute Gasteiger partial charge is 0.352 e. The van der Waals surface area contributed by atoms with Gasteiger partial charge in [-0.2, -0.15) is 0 Å². The van der Waals surface area contributed by atoms with Gasteiger partial charge < -0.3 is 4.98 Å². The van der Waals surface area contributed by atoms with E-state index in [9.17, 15) is 4.79 Å². The molecule has 1 aromatic heterocycles. The van der Waals surface area contributed by atoms with E-state index in [4.69, 9.17) is 0 Å². The van der Waals surface area contributed by atoms with E-state index in [0.29, 0.717) is 5.69 Å². The van der Waals surface area contributed by atoms with Crippen LogP contribution in [0.25, 0.3) is 32.8 Å². The fraction of sp³-hybridized carbons (Fsp3) is 0. The first-order valence-electron chi connectivity index (χ1n) is 6.92. The zero-order valence-corrected chi connectivity index (χ0v) is 11.3. The number of nitrogens with one attached hydrogen (secondary N) is 1. The Morgan fingerprint density at radius 2 is 1.38 bits per heavy atom. The lowest BCUT2D eigenvalue weighted by molar-refractivity contribution is 0.111. The van der Waals surface area contributed by atoms with Crippen LogP contribution in [0.1, 0.15) is 10.5 Å². The summed E-state index contributed by atoms with van der Waals surface area (Å²) < 4.78 is 0. The van der Waals surface area contributed by atoms with Crippen molar-refractivity contribution in [2.75, 3.05) is 0 Å². The van der Waals surface area contributed by atoms with Crippen molar-refractivity contribution in [1.82, 2.24) is 4.98 Å². The number of rotatable bonds is 2. The molecule has 2 heteroatoms. The van der Waals surface area contributed by atoms with Crippen LogP contribution in [0, 0.1) is 0 Å². The van der Waals surface area contributed by atoms with E-state index >= 15 is 0 Å². The lowest BCUT2D eigenvalue weighted by atomic mass is 9.95. The Bertz CT molecular complexity index is 912. The summed E-state index contributed by atoms with van der Waals surface area (Å²) in [4.78, 5) is 14.1. The molecule has 21 heavy (non-hydrogen) atoms. The third-order valence-corrected chi connectivity index (χ3v) is 3.88. The molecule has 0 fully saturated rings. The van der Waals surface area contributed by atoms with E-state index in [0.717, 1.165) is 17.5 Å². The van der Waals surface area contributed by atoms with E-state index in [-0.39, 0.29) is 0 Å². The molecule has 0 spiro atoms. The SMILES string of the molecule is O=Cc1ccc(-c2c3ccccc3cc3ccccc23)[nH]1. The van der Waals surface area contributed by atoms with Gasteiger partial charge in [-0.1, -0.05) is 48.5 Å². The number of hydrogen-bond donors (Lipinski definition) is 1. The zero-order valence-electron chi connectivity index (χ0n) is 11.3. The van der Waals surface area contributed by atoms with Gasteiger partial charge in [-0.05, 0) is 39.7 Å². The number of carbonyl (C=O) groups is 1. The molecule has 0 atom stereocenters. The minimum Gasteiger partial charge on any atom is -0.352 e. The molecule has 0 radical (unpaired) electrons. The number of fused-ring (bicyclic) bond motifs is 2. The van der Waals surface area contributed by atoms with Gasteiger partial charge in [0.2, 0.25) is 0 Å². The molecule has 0 saturated heterocycles. The van der Waals surface area contributed by atoms with Crippen LogP contribution in [0.5, 0.6) is 0 Å². The van der Waals surface area contributed by atoms with Gasteiger partial charge in [0.1, 0.15) is 0 Å². The Labute approximate surface area is 122 Å². The fourth-order valence-corrected chi connectivity index (χ4v) is 2.93. The highest BCUT2D eigenvalue weighted by molar-refractivity contribution is 6.12. The van der Waals surface area contributed by atoms with Crippen molar-refractivity contribution in [2.24, 2.45) is 0 Å². The maximum absolute atomic E-state index is 10.9. The summed E-state index contributed by atoms with van der Waals surface area (Å²) in [7, 11) is 0. The second-order valence-corrected chi connectivity index (χ2v) is 5.14. The highest BCUT2D eigenvalue weighted by Gasteiger charge is 2.10. The van der Waals surface area contributed by atoms with Crippen molar-refractivity contribution >= 4 is 27.8 Å². The van der Waals surface area contributed by atoms with Crippen molar-refractivity contribution in [3.05, 3.63) is 72.4 Å². The highest BCUT2D eigenvalue weighted by atomic mass is 16.1. The molecule has 0 aliphatic carbocycles. The molecule has 0 amide bonds. The number of carbonyl (C=O) groups excluding carboxylic acids is 1. The summed E-state index contributed by atoms with van der Waals surface area (Å²) in [5.74, 6) is 0. The van der Waals surface area contributed by atoms with Crippen molar-refractivity contribution < 1.29 is 4.79 Å². The van der Waals surface area contributed by atoms with Crippen LogP contribution < -0.4 is 0 Å². The monoisotopic (exact) mass is 271 g/mol. The number of aromatic amines is 1. The predicted molar refractivity (Wildman–Crippen MR) is 86.6 cm³/mol. The van der Waals surface area contributed by atoms with E-state index in [2.05, 4.69) is 35.3 Å². The molecule has 0 unspecified atom stereocenters. The summed E-state index contributed by atoms with van der Waals surface area (Å²) in [6.07, 6.45) is 0.844. The quantitative estimate of drug-likeness (QED) is 0.412. The first-order valence-corrected chi connectivity index (χ1v) is 6.92. The van der Waals surface area contributed by atoms with E-state index < -0.39 is 0 Å². The second kappa shape index (κ2) is 4.60. The van der Waals surface area contributed by atoms with Gasteiger partial charge in [0.15, 0.2) is 6.29 Å². The summed E-state index contributed by atoms with van der Waals surface area (Å²) in [6, 6.07) is 22.7. The van der Waals surface area contributed by atoms with Gasteiger partial charge in [-0.25, -0.2) is 0 Å². The summed E-state index contributed by atoms with van der Waals surface area (Å²) in [5.41, 5.74) is 2.73. The van der Waals surface area contributed by atoms with Crippen molar-refractivity contribution in [2.45, 2.75) is 0 Å². The molecule has 3 aromatic carbocycles. The molecule has 1 N–H and O–H groups in total. The molecule has 0 saturated carbocycles. The average Bonchev–Trinajstić information content (AvgIpc) is 3.01. The molecule has 4 aromatic rings. The van der Waals surface area contributed by atoms with Crippen LogP contribution in [0.2, 0.25) is 0 Å². The Balaban J connectivity index is 2.18. The lowest BCUT2D eigenvalue weighted by Gasteiger charge is -2.10. The van der Waals surface area contributed by atoms with Crippen LogP contribution in [-0.4, -0.2) is 11.3 Å². The molecule has 1 heterocycles. The van der Waals surface area contributed by atoms with Crippen LogP contribution >= 0.6 is 0 Å². The summed E-state index contributed by atoms with van der Waals surface area (Å²) in [6.45, 7) is 0. The highest BCUT2D eigenvalue weighted by Crippen LogP contribution is 2.35. The van der Waals surface area contributed by atoms with Crippen LogP contribution in [0.3, 0.4) is 0 Å². The van der Waals surface area contributed by atoms with Crippen LogP contribution in [0.4, 0.5) is 0 Å². The van der Waals surface area contributed by atoms with Crippen LogP contribution in [0.15, 0.2) is 66.7 Å². The predicted octanol–water partition coefficient (Wildman–Crippen LogP) is 4.80. The number of benzene rings is 3. The third-order valence-electron chi connectivity index (χ3n) is 3.88. The maximum Gasteiger partial charge on any atom is 0.166 e. The van der Waals surface area contributed by atoms with Crippen molar-refractivity contribution in [1.29, 1.82) is 0 Å². The number of H-pyrrole nitrogens is 1. The van der Waals surface area contributed by atoms with Gasteiger partial charge in [-0.3, -0.25) is 4.79 Å². The van der Waals surface area contributed by atoms with Gasteiger partial charge in [0, 0.05) is 11.3 Å². The van der Waals surface area contributed by atoms with Crippen molar-refractivity contribution in [3.63, 3.8) is 0 Å². The summed E-state index contributed by atoms with van der Waals surface area (Å²) >= 11 is 0. The minimum absolute atomic E-state index is 0.599. The van der Waals surface area contributed by atoms with Gasteiger partial charge >= 0.3 is 0 Å². The van der Waals surface area contributed by atoms with Crippen LogP contribution in [-0.2, 0) is 0 Å². The Morgan fingerprint density at radius 1 is 0.762 bits per heavy atom. The Morgan fingerprint density at radius 3 is 1.95 bits per heavy atom. The molecule has 4 rings (SSSR count). The normalized spacial score (nSPS) is 11.0. The standard InChI is InChI=1S/C19H13NO/c21-12-15-9-10-18(20-15)19-16-7-3-1-5-13(16)11-14-6-2-4-8-17(14)19/h1-12,20H. The smallest absolute Gasteiger partial charge is 0.166 e. The van der Waals surface area contributed by atoms with Gasteiger partial charge in [-0.15, -0.1) is 0 Å². The van der Waals surface area contributed by atoms with Gasteiger partial charge in [0.05, 0.1) is 5.69 Å². The topological polar surface area (TPSA) is 32.9 Å². The van der Waals surface area contributed by atoms with E-state index in [1.54, 1.807) is 0 Å². The lowest BCUT2D eigenvalue weighted by Crippen LogP contribution is -1.86. The van der Waals surface area contributed by atoms with E-state index in [1.165, 1.54) is 21.5 Å². The van der Waals surface area contributed by atoms with E-state index in [1.807, 2.05) is 36.4 Å². The average molecular weight is 271 g/mol. The number of hydrogen-bond acceptors (Lipinski definition) is 1. The second-order valence-electron chi connectivity index (χ2n) is 5.14. The summed E-state index contributed by atoms with van der Waals surface area (Å²) in [5, 5.41) is 4.79. The molecule has 0 bridgehead atoms. The molecule has 100 valence electrons. The molecule has 0 aliphatic rings. The first kappa shape index (κ1) is 11.9. The molecular formula is C19H13NO. The Kier molecular flexibility index (Phi) is 2.61. The third kappa shape index (κ3) is 1.84. The molecule has 2 nitrogen and oxygen atoms in total. The fourth-order valence-electron chi connectivity index (χ4n) is 2.93. The maximum atomic E-state index is 10.9. The first-order chi connectivity index (χ1) is 10.4.